The molecule has 4 atom stereocenters. The van der Waals surface area contributed by atoms with Crippen LogP contribution in [0.2, 0.25) is 0 Å². The predicted octanol–water partition coefficient (Wildman–Crippen LogP) is 3.09. The molecule has 0 aromatic rings. The van der Waals surface area contributed by atoms with Crippen LogP contribution in [0.3, 0.4) is 0 Å². The van der Waals surface area contributed by atoms with Crippen LogP contribution in [0.15, 0.2) is 11.6 Å². The largest absolute Gasteiger partial charge is 0.453 e. The highest BCUT2D eigenvalue weighted by molar-refractivity contribution is 6.32. The van der Waals surface area contributed by atoms with Crippen LogP contribution in [0.25, 0.3) is 0 Å². The summed E-state index contributed by atoms with van der Waals surface area (Å²) in [7, 11) is 0. The number of fused-ring (bicyclic) bond motifs is 3. The topological polar surface area (TPSA) is 146 Å². The number of rotatable bonds is 10. The van der Waals surface area contributed by atoms with Gasteiger partial charge in [-0.3, -0.25) is 14.4 Å². The SMILES string of the molecule is CCC(CC)O[C@@H]1C=C(C(=O)OCOC(=O)C2CC3CCC2CC3)C[C@H](NC(=O)C(=O)OC(C)(C)C)[C@H]1NC(C)=O. The Balaban J connectivity index is 1.73. The van der Waals surface area contributed by atoms with Crippen molar-refractivity contribution in [1.82, 2.24) is 10.6 Å². The maximum Gasteiger partial charge on any atom is 0.397 e. The van der Waals surface area contributed by atoms with E-state index in [0.29, 0.717) is 24.7 Å². The van der Waals surface area contributed by atoms with Gasteiger partial charge in [-0.2, -0.15) is 0 Å². The number of ether oxygens (including phenoxy) is 4. The third-order valence-electron chi connectivity index (χ3n) is 8.13. The van der Waals surface area contributed by atoms with Crippen molar-refractivity contribution in [3.05, 3.63) is 11.6 Å². The first kappa shape index (κ1) is 32.6. The second kappa shape index (κ2) is 14.3. The fourth-order valence-corrected chi connectivity index (χ4v) is 6.06. The minimum absolute atomic E-state index is 0.0541. The molecular formula is C30H46N2O9. The van der Waals surface area contributed by atoms with E-state index < -0.39 is 48.4 Å². The number of carbonyl (C=O) groups excluding carboxylic acids is 5. The van der Waals surface area contributed by atoms with Crippen LogP contribution in [0, 0.1) is 17.8 Å². The quantitative estimate of drug-likeness (QED) is 0.227. The number of nitrogens with one attached hydrogen (secondary N) is 2. The molecule has 0 saturated heterocycles. The molecular weight excluding hydrogens is 532 g/mol. The highest BCUT2D eigenvalue weighted by atomic mass is 16.7. The van der Waals surface area contributed by atoms with E-state index in [9.17, 15) is 24.0 Å². The van der Waals surface area contributed by atoms with Crippen molar-refractivity contribution in [2.24, 2.45) is 17.8 Å². The van der Waals surface area contributed by atoms with E-state index in [2.05, 4.69) is 10.6 Å². The number of esters is 3. The highest BCUT2D eigenvalue weighted by Crippen LogP contribution is 2.45. The summed E-state index contributed by atoms with van der Waals surface area (Å²) >= 11 is 0. The normalized spacial score (nSPS) is 27.4. The van der Waals surface area contributed by atoms with Crippen molar-refractivity contribution >= 4 is 29.7 Å². The van der Waals surface area contributed by atoms with E-state index in [-0.39, 0.29) is 35.9 Å². The van der Waals surface area contributed by atoms with E-state index in [1.165, 1.54) is 6.92 Å². The zero-order valence-electron chi connectivity index (χ0n) is 25.2. The highest BCUT2D eigenvalue weighted by Gasteiger charge is 2.42. The van der Waals surface area contributed by atoms with Gasteiger partial charge in [-0.25, -0.2) is 9.59 Å². The smallest absolute Gasteiger partial charge is 0.397 e. The van der Waals surface area contributed by atoms with Gasteiger partial charge in [0.25, 0.3) is 0 Å². The lowest BCUT2D eigenvalue weighted by Gasteiger charge is -2.40. The zero-order valence-corrected chi connectivity index (χ0v) is 25.2. The molecule has 1 unspecified atom stereocenters. The molecule has 2 N–H and O–H groups in total. The molecule has 11 nitrogen and oxygen atoms in total. The van der Waals surface area contributed by atoms with Gasteiger partial charge < -0.3 is 29.6 Å². The Morgan fingerprint density at radius 3 is 2.17 bits per heavy atom. The van der Waals surface area contributed by atoms with Gasteiger partial charge >= 0.3 is 23.8 Å². The minimum Gasteiger partial charge on any atom is -0.453 e. The van der Waals surface area contributed by atoms with Crippen LogP contribution in [-0.2, 0) is 42.9 Å². The van der Waals surface area contributed by atoms with E-state index in [1.54, 1.807) is 26.8 Å². The maximum atomic E-state index is 13.1. The van der Waals surface area contributed by atoms with Gasteiger partial charge in [-0.15, -0.1) is 0 Å². The van der Waals surface area contributed by atoms with Crippen LogP contribution < -0.4 is 10.6 Å². The summed E-state index contributed by atoms with van der Waals surface area (Å²) in [6, 6.07) is -1.65. The standard InChI is InChI=1S/C30H46N2O9/c1-7-21(8-2)40-24-15-20(27(35)38-16-39-28(36)22-13-18-9-11-19(22)12-10-18)14-23(25(24)31-17(3)33)32-26(34)29(37)41-30(4,5)6/h15,18-19,21-25H,7-14,16H2,1-6H3,(H,31,33)(H,32,34)/t18?,19?,22?,23-,24+,25+/m0/s1. The zero-order chi connectivity index (χ0) is 30.3. The Hall–Kier alpha value is -2.95. The van der Waals surface area contributed by atoms with Gasteiger partial charge in [0.1, 0.15) is 5.60 Å². The second-order valence-corrected chi connectivity index (χ2v) is 12.4. The molecule has 3 saturated carbocycles. The molecule has 0 aromatic heterocycles. The fourth-order valence-electron chi connectivity index (χ4n) is 6.06. The van der Waals surface area contributed by atoms with Crippen LogP contribution in [0.4, 0.5) is 0 Å². The van der Waals surface area contributed by atoms with E-state index >= 15 is 0 Å². The predicted molar refractivity (Wildman–Crippen MR) is 148 cm³/mol. The summed E-state index contributed by atoms with van der Waals surface area (Å²) in [4.78, 5) is 63.1. The van der Waals surface area contributed by atoms with Crippen molar-refractivity contribution < 1.29 is 42.9 Å². The molecule has 3 fully saturated rings. The number of amides is 2. The molecule has 4 aliphatic rings. The maximum absolute atomic E-state index is 13.1. The third kappa shape index (κ3) is 9.28. The first-order valence-corrected chi connectivity index (χ1v) is 14.8. The first-order chi connectivity index (χ1) is 19.3. The molecule has 0 heterocycles. The molecule has 0 aromatic carbocycles. The average molecular weight is 579 g/mol. The van der Waals surface area contributed by atoms with Crippen LogP contribution in [0.5, 0.6) is 0 Å². The molecule has 2 amide bonds. The molecule has 4 rings (SSSR count). The summed E-state index contributed by atoms with van der Waals surface area (Å²) < 4.78 is 22.1. The number of carbonyl (C=O) groups is 5. The van der Waals surface area contributed by atoms with Gasteiger partial charge in [-0.05, 0) is 70.8 Å². The summed E-state index contributed by atoms with van der Waals surface area (Å²) in [5.74, 6) is -2.81. The van der Waals surface area contributed by atoms with Crippen molar-refractivity contribution in [3.8, 4) is 0 Å². The van der Waals surface area contributed by atoms with Gasteiger partial charge in [0.15, 0.2) is 0 Å². The molecule has 11 heteroatoms. The molecule has 230 valence electrons. The summed E-state index contributed by atoms with van der Waals surface area (Å²) in [6.45, 7) is 9.64. The summed E-state index contributed by atoms with van der Waals surface area (Å²) in [6.07, 6.45) is 7.08. The Labute approximate surface area is 242 Å². The monoisotopic (exact) mass is 578 g/mol. The van der Waals surface area contributed by atoms with Gasteiger partial charge in [-0.1, -0.05) is 26.7 Å². The van der Waals surface area contributed by atoms with Crippen LogP contribution in [0.1, 0.15) is 92.9 Å². The van der Waals surface area contributed by atoms with Gasteiger partial charge in [0, 0.05) is 18.9 Å². The Bertz CT molecular complexity index is 1010. The average Bonchev–Trinajstić information content (AvgIpc) is 2.92. The molecule has 4 aliphatic carbocycles. The van der Waals surface area contributed by atoms with E-state index in [0.717, 1.165) is 32.1 Å². The Kier molecular flexibility index (Phi) is 11.3. The molecule has 0 radical (unpaired) electrons. The van der Waals surface area contributed by atoms with Gasteiger partial charge in [0.2, 0.25) is 12.7 Å². The lowest BCUT2D eigenvalue weighted by atomic mass is 9.65. The van der Waals surface area contributed by atoms with Crippen molar-refractivity contribution in [1.29, 1.82) is 0 Å². The van der Waals surface area contributed by atoms with Crippen molar-refractivity contribution in [2.45, 2.75) is 123 Å². The van der Waals surface area contributed by atoms with E-state index in [4.69, 9.17) is 18.9 Å². The lowest BCUT2D eigenvalue weighted by Crippen LogP contribution is -2.60. The minimum atomic E-state index is -1.08. The molecule has 2 bridgehead atoms. The third-order valence-corrected chi connectivity index (χ3v) is 8.13. The van der Waals surface area contributed by atoms with Crippen molar-refractivity contribution in [3.63, 3.8) is 0 Å². The lowest BCUT2D eigenvalue weighted by molar-refractivity contribution is -0.172. The van der Waals surface area contributed by atoms with Gasteiger partial charge in [0.05, 0.1) is 30.2 Å². The Morgan fingerprint density at radius 1 is 0.976 bits per heavy atom. The first-order valence-electron chi connectivity index (χ1n) is 14.8. The second-order valence-electron chi connectivity index (χ2n) is 12.4. The van der Waals surface area contributed by atoms with Crippen LogP contribution >= 0.6 is 0 Å². The number of hydrogen-bond donors (Lipinski definition) is 2. The van der Waals surface area contributed by atoms with Crippen LogP contribution in [-0.4, -0.2) is 66.4 Å². The molecule has 41 heavy (non-hydrogen) atoms. The fraction of sp³-hybridized carbons (Fsp3) is 0.767. The molecule has 0 aliphatic heterocycles. The number of hydrogen-bond acceptors (Lipinski definition) is 9. The summed E-state index contributed by atoms with van der Waals surface area (Å²) in [5, 5.41) is 5.41. The summed E-state index contributed by atoms with van der Waals surface area (Å²) in [5.41, 5.74) is -0.715. The molecule has 0 spiro atoms. The Morgan fingerprint density at radius 2 is 1.63 bits per heavy atom. The van der Waals surface area contributed by atoms with Crippen molar-refractivity contribution in [2.75, 3.05) is 6.79 Å². The van der Waals surface area contributed by atoms with E-state index in [1.807, 2.05) is 13.8 Å².